The van der Waals surface area contributed by atoms with Crippen LogP contribution in [0.5, 0.6) is 0 Å². The minimum absolute atomic E-state index is 0.00195. The van der Waals surface area contributed by atoms with Crippen LogP contribution in [0.1, 0.15) is 46.6 Å². The zero-order valence-corrected chi connectivity index (χ0v) is 18.8. The van der Waals surface area contributed by atoms with E-state index in [0.29, 0.717) is 11.1 Å². The number of fused-ring (bicyclic) bond motifs is 1. The Morgan fingerprint density at radius 2 is 1.91 bits per heavy atom. The fourth-order valence-corrected chi connectivity index (χ4v) is 4.59. The fourth-order valence-electron chi connectivity index (χ4n) is 3.83. The lowest BCUT2D eigenvalue weighted by atomic mass is 9.98. The van der Waals surface area contributed by atoms with E-state index < -0.39 is 12.1 Å². The third kappa shape index (κ3) is 4.29. The van der Waals surface area contributed by atoms with Crippen molar-refractivity contribution in [3.05, 3.63) is 92.2 Å². The quantitative estimate of drug-likeness (QED) is 0.310. The standard InChI is InChI=1S/C25H24N2O4S/c1-3-17-10-7-11-19-20(14-26-22(17)19)23(29)24(18-8-5-4-6-9-18)31-21(28)12-13-27-16(2)15-32-25(27)30/h4-11,14-15,24,26H,3,12-13H2,1-2H3/t24-/m1/s1. The van der Waals surface area contributed by atoms with Crippen LogP contribution in [0, 0.1) is 6.92 Å². The average molecular weight is 449 g/mol. The first-order valence-electron chi connectivity index (χ1n) is 10.5. The molecule has 2 aromatic carbocycles. The highest BCUT2D eigenvalue weighted by molar-refractivity contribution is 7.07. The number of carbonyl (C=O) groups excluding carboxylic acids is 2. The minimum atomic E-state index is -1.06. The number of thiazole rings is 1. The summed E-state index contributed by atoms with van der Waals surface area (Å²) in [5.41, 5.74) is 3.93. The molecular weight excluding hydrogens is 424 g/mol. The summed E-state index contributed by atoms with van der Waals surface area (Å²) < 4.78 is 7.23. The molecule has 0 spiro atoms. The molecule has 0 aliphatic heterocycles. The second kappa shape index (κ2) is 9.36. The van der Waals surface area contributed by atoms with Crippen LogP contribution in [-0.4, -0.2) is 21.3 Å². The molecular formula is C25H24N2O4S. The molecule has 2 heterocycles. The summed E-state index contributed by atoms with van der Waals surface area (Å²) in [6.45, 7) is 4.10. The van der Waals surface area contributed by atoms with Gasteiger partial charge in [0.1, 0.15) is 0 Å². The number of aromatic amines is 1. The number of Topliss-reactive ketones (excluding diaryl/α,β-unsaturated/α-hetero) is 1. The lowest BCUT2D eigenvalue weighted by molar-refractivity contribution is -0.147. The molecule has 6 nitrogen and oxygen atoms in total. The lowest BCUT2D eigenvalue weighted by Crippen LogP contribution is -2.22. The number of H-pyrrole nitrogens is 1. The number of aromatic nitrogens is 2. The number of esters is 1. The normalized spacial score (nSPS) is 12.1. The fraction of sp³-hybridized carbons (Fsp3) is 0.240. The number of hydrogen-bond donors (Lipinski definition) is 1. The maximum absolute atomic E-state index is 13.5. The summed E-state index contributed by atoms with van der Waals surface area (Å²) in [6.07, 6.45) is 1.46. The SMILES string of the molecule is CCc1cccc2c(C(=O)[C@H](OC(=O)CCn3c(C)csc3=O)c3ccccc3)c[nH]c12. The Hall–Kier alpha value is -3.45. The van der Waals surface area contributed by atoms with Gasteiger partial charge in [-0.1, -0.05) is 66.8 Å². The van der Waals surface area contributed by atoms with Crippen LogP contribution in [0.2, 0.25) is 0 Å². The zero-order chi connectivity index (χ0) is 22.7. The maximum Gasteiger partial charge on any atom is 0.308 e. The number of rotatable bonds is 8. The molecule has 0 fully saturated rings. The van der Waals surface area contributed by atoms with Crippen LogP contribution in [0.4, 0.5) is 0 Å². The van der Waals surface area contributed by atoms with Crippen LogP contribution in [0.3, 0.4) is 0 Å². The van der Waals surface area contributed by atoms with Gasteiger partial charge in [0.15, 0.2) is 6.10 Å². The molecule has 7 heteroatoms. The highest BCUT2D eigenvalue weighted by Gasteiger charge is 2.28. The first-order valence-corrected chi connectivity index (χ1v) is 11.4. The van der Waals surface area contributed by atoms with E-state index >= 15 is 0 Å². The van der Waals surface area contributed by atoms with E-state index in [1.165, 1.54) is 4.57 Å². The largest absolute Gasteiger partial charge is 0.449 e. The molecule has 0 aliphatic carbocycles. The average Bonchev–Trinajstić information content (AvgIpc) is 3.39. The summed E-state index contributed by atoms with van der Waals surface area (Å²) in [6, 6.07) is 14.9. The molecule has 0 unspecified atom stereocenters. The molecule has 1 atom stereocenters. The van der Waals surface area contributed by atoms with Gasteiger partial charge in [0, 0.05) is 45.8 Å². The Morgan fingerprint density at radius 3 is 2.59 bits per heavy atom. The number of nitrogens with one attached hydrogen (secondary N) is 1. The van der Waals surface area contributed by atoms with E-state index in [1.807, 2.05) is 43.3 Å². The molecule has 0 amide bonds. The molecule has 0 radical (unpaired) electrons. The number of benzene rings is 2. The number of ketones is 1. The third-order valence-electron chi connectivity index (χ3n) is 5.55. The van der Waals surface area contributed by atoms with Crippen molar-refractivity contribution < 1.29 is 14.3 Å². The Kier molecular flexibility index (Phi) is 6.37. The van der Waals surface area contributed by atoms with E-state index in [9.17, 15) is 14.4 Å². The summed E-state index contributed by atoms with van der Waals surface area (Å²) >= 11 is 1.10. The van der Waals surface area contributed by atoms with Crippen LogP contribution in [0.25, 0.3) is 10.9 Å². The van der Waals surface area contributed by atoms with Crippen LogP contribution in [-0.2, 0) is 22.5 Å². The van der Waals surface area contributed by atoms with Gasteiger partial charge in [0.2, 0.25) is 5.78 Å². The van der Waals surface area contributed by atoms with Crippen molar-refractivity contribution >= 4 is 34.0 Å². The molecule has 0 aliphatic rings. The molecule has 4 rings (SSSR count). The van der Waals surface area contributed by atoms with Crippen molar-refractivity contribution in [3.8, 4) is 0 Å². The van der Waals surface area contributed by atoms with Crippen LogP contribution < -0.4 is 4.87 Å². The van der Waals surface area contributed by atoms with Crippen molar-refractivity contribution in [2.24, 2.45) is 0 Å². The molecule has 32 heavy (non-hydrogen) atoms. The number of carbonyl (C=O) groups is 2. The van der Waals surface area contributed by atoms with Crippen LogP contribution >= 0.6 is 11.3 Å². The molecule has 0 bridgehead atoms. The second-order valence-electron chi connectivity index (χ2n) is 7.59. The van der Waals surface area contributed by atoms with E-state index in [2.05, 4.69) is 11.9 Å². The predicted octanol–water partition coefficient (Wildman–Crippen LogP) is 4.82. The first kappa shape index (κ1) is 21.8. The third-order valence-corrected chi connectivity index (χ3v) is 6.43. The van der Waals surface area contributed by atoms with Gasteiger partial charge in [-0.2, -0.15) is 0 Å². The number of aryl methyl sites for hydroxylation is 2. The molecule has 0 saturated carbocycles. The maximum atomic E-state index is 13.5. The number of ether oxygens (including phenoxy) is 1. The summed E-state index contributed by atoms with van der Waals surface area (Å²) in [5.74, 6) is -0.813. The molecule has 1 N–H and O–H groups in total. The zero-order valence-electron chi connectivity index (χ0n) is 18.0. The van der Waals surface area contributed by atoms with Gasteiger partial charge in [-0.3, -0.25) is 14.4 Å². The second-order valence-corrected chi connectivity index (χ2v) is 8.41. The van der Waals surface area contributed by atoms with Gasteiger partial charge in [0.25, 0.3) is 0 Å². The highest BCUT2D eigenvalue weighted by Crippen LogP contribution is 2.29. The van der Waals surface area contributed by atoms with Crippen molar-refractivity contribution in [2.45, 2.75) is 39.3 Å². The first-order chi connectivity index (χ1) is 15.5. The van der Waals surface area contributed by atoms with Crippen LogP contribution in [0.15, 0.2) is 64.9 Å². The van der Waals surface area contributed by atoms with Gasteiger partial charge < -0.3 is 14.3 Å². The number of hydrogen-bond acceptors (Lipinski definition) is 5. The van der Waals surface area contributed by atoms with E-state index in [0.717, 1.165) is 39.9 Å². The van der Waals surface area contributed by atoms with E-state index in [-0.39, 0.29) is 23.6 Å². The molecule has 4 aromatic rings. The van der Waals surface area contributed by atoms with Gasteiger partial charge in [-0.25, -0.2) is 0 Å². The van der Waals surface area contributed by atoms with Crippen molar-refractivity contribution in [2.75, 3.05) is 0 Å². The Bertz CT molecular complexity index is 1320. The molecule has 164 valence electrons. The summed E-state index contributed by atoms with van der Waals surface area (Å²) in [5, 5.41) is 2.57. The van der Waals surface area contributed by atoms with E-state index in [1.54, 1.807) is 23.7 Å². The van der Waals surface area contributed by atoms with Gasteiger partial charge in [0.05, 0.1) is 6.42 Å². The number of nitrogens with zero attached hydrogens (tertiary/aromatic N) is 1. The highest BCUT2D eigenvalue weighted by atomic mass is 32.1. The monoisotopic (exact) mass is 448 g/mol. The Balaban J connectivity index is 1.61. The summed E-state index contributed by atoms with van der Waals surface area (Å²) in [7, 11) is 0. The predicted molar refractivity (Wildman–Crippen MR) is 125 cm³/mol. The molecule has 0 saturated heterocycles. The smallest absolute Gasteiger partial charge is 0.308 e. The van der Waals surface area contributed by atoms with Crippen molar-refractivity contribution in [1.29, 1.82) is 0 Å². The lowest BCUT2D eigenvalue weighted by Gasteiger charge is -2.17. The topological polar surface area (TPSA) is 81.2 Å². The Morgan fingerprint density at radius 1 is 1.12 bits per heavy atom. The van der Waals surface area contributed by atoms with Crippen molar-refractivity contribution in [3.63, 3.8) is 0 Å². The van der Waals surface area contributed by atoms with Crippen molar-refractivity contribution in [1.82, 2.24) is 9.55 Å². The molecule has 2 aromatic heterocycles. The van der Waals surface area contributed by atoms with E-state index in [4.69, 9.17) is 4.74 Å². The Labute approximate surface area is 189 Å². The summed E-state index contributed by atoms with van der Waals surface area (Å²) in [4.78, 5) is 41.2. The van der Waals surface area contributed by atoms with Gasteiger partial charge >= 0.3 is 10.8 Å². The minimum Gasteiger partial charge on any atom is -0.449 e. The van der Waals surface area contributed by atoms with Gasteiger partial charge in [-0.15, -0.1) is 0 Å². The number of para-hydroxylation sites is 1. The van der Waals surface area contributed by atoms with Gasteiger partial charge in [-0.05, 0) is 18.9 Å².